The molecule has 0 aromatic rings. The van der Waals surface area contributed by atoms with Crippen molar-refractivity contribution in [3.8, 4) is 0 Å². The number of aliphatic carboxylic acids is 1. The predicted molar refractivity (Wildman–Crippen MR) is 65.0 cm³/mol. The van der Waals surface area contributed by atoms with Crippen LogP contribution in [0.15, 0.2) is 0 Å². The molecule has 1 rings (SSSR count). The standard InChI is InChI=1S/C11H21NO3S/c1-2-10(11(13)14)16(15)9-8-12-6-4-3-5-7-12/h10H,2-9H2,1H3,(H,13,14). The van der Waals surface area contributed by atoms with Crippen molar-refractivity contribution in [3.63, 3.8) is 0 Å². The molecule has 0 aromatic carbocycles. The lowest BCUT2D eigenvalue weighted by molar-refractivity contribution is -0.136. The van der Waals surface area contributed by atoms with Crippen LogP contribution in [0.2, 0.25) is 0 Å². The minimum absolute atomic E-state index is 0.446. The number of piperidine rings is 1. The summed E-state index contributed by atoms with van der Waals surface area (Å²) in [6.07, 6.45) is 4.15. The molecule has 0 aromatic heterocycles. The third kappa shape index (κ3) is 4.22. The molecule has 2 atom stereocenters. The van der Waals surface area contributed by atoms with Gasteiger partial charge in [0, 0.05) is 23.1 Å². The number of rotatable bonds is 6. The molecule has 0 radical (unpaired) electrons. The summed E-state index contributed by atoms with van der Waals surface area (Å²) in [5, 5.41) is 8.18. The number of hydrogen-bond donors (Lipinski definition) is 1. The van der Waals surface area contributed by atoms with Crippen LogP contribution in [-0.4, -0.2) is 50.8 Å². The largest absolute Gasteiger partial charge is 0.480 e. The van der Waals surface area contributed by atoms with Crippen molar-refractivity contribution in [2.24, 2.45) is 0 Å². The van der Waals surface area contributed by atoms with E-state index in [9.17, 15) is 9.00 Å². The Kier molecular flexibility index (Phi) is 5.98. The molecule has 0 saturated carbocycles. The van der Waals surface area contributed by atoms with Gasteiger partial charge in [0.1, 0.15) is 5.25 Å². The van der Waals surface area contributed by atoms with E-state index in [0.717, 1.165) is 19.6 Å². The van der Waals surface area contributed by atoms with Crippen molar-refractivity contribution in [1.29, 1.82) is 0 Å². The number of hydrogen-bond acceptors (Lipinski definition) is 3. The maximum absolute atomic E-state index is 11.8. The first kappa shape index (κ1) is 13.6. The molecule has 2 unspecified atom stereocenters. The molecule has 5 heteroatoms. The van der Waals surface area contributed by atoms with Gasteiger partial charge in [-0.3, -0.25) is 9.00 Å². The van der Waals surface area contributed by atoms with Crippen molar-refractivity contribution in [1.82, 2.24) is 4.90 Å². The summed E-state index contributed by atoms with van der Waals surface area (Å²) < 4.78 is 11.8. The monoisotopic (exact) mass is 247 g/mol. The molecule has 0 amide bonds. The van der Waals surface area contributed by atoms with E-state index >= 15 is 0 Å². The molecule has 1 aliphatic rings. The van der Waals surface area contributed by atoms with E-state index < -0.39 is 22.0 Å². The van der Waals surface area contributed by atoms with Crippen molar-refractivity contribution in [3.05, 3.63) is 0 Å². The van der Waals surface area contributed by atoms with E-state index in [1.54, 1.807) is 6.92 Å². The van der Waals surface area contributed by atoms with Crippen molar-refractivity contribution in [2.45, 2.75) is 37.9 Å². The van der Waals surface area contributed by atoms with Crippen LogP contribution in [0, 0.1) is 0 Å². The summed E-state index contributed by atoms with van der Waals surface area (Å²) in [5.74, 6) is -0.440. The van der Waals surface area contributed by atoms with Crippen molar-refractivity contribution >= 4 is 16.8 Å². The topological polar surface area (TPSA) is 57.6 Å². The summed E-state index contributed by atoms with van der Waals surface area (Å²) in [4.78, 5) is 13.1. The summed E-state index contributed by atoms with van der Waals surface area (Å²) in [6, 6.07) is 0. The van der Waals surface area contributed by atoms with Gasteiger partial charge in [0.05, 0.1) is 0 Å². The highest BCUT2D eigenvalue weighted by Gasteiger charge is 2.23. The van der Waals surface area contributed by atoms with Crippen molar-refractivity contribution < 1.29 is 14.1 Å². The van der Waals surface area contributed by atoms with Crippen LogP contribution >= 0.6 is 0 Å². The van der Waals surface area contributed by atoms with Gasteiger partial charge in [-0.05, 0) is 32.4 Å². The second-order valence-corrected chi connectivity index (χ2v) is 5.96. The molecule has 1 fully saturated rings. The van der Waals surface area contributed by atoms with Gasteiger partial charge in [-0.1, -0.05) is 13.3 Å². The van der Waals surface area contributed by atoms with E-state index in [1.807, 2.05) is 0 Å². The zero-order chi connectivity index (χ0) is 12.0. The molecular formula is C11H21NO3S. The Bertz CT molecular complexity index is 252. The highest BCUT2D eigenvalue weighted by Crippen LogP contribution is 2.09. The first-order chi connectivity index (χ1) is 7.65. The molecule has 0 aliphatic carbocycles. The van der Waals surface area contributed by atoms with Crippen LogP contribution in [0.5, 0.6) is 0 Å². The number of likely N-dealkylation sites (tertiary alicyclic amines) is 1. The summed E-state index contributed by atoms with van der Waals surface area (Å²) in [5.41, 5.74) is 0. The van der Waals surface area contributed by atoms with Crippen LogP contribution in [-0.2, 0) is 15.6 Å². The van der Waals surface area contributed by atoms with Gasteiger partial charge in [0.25, 0.3) is 0 Å². The summed E-state index contributed by atoms with van der Waals surface area (Å²) in [7, 11) is -1.23. The van der Waals surface area contributed by atoms with Gasteiger partial charge < -0.3 is 10.0 Å². The number of carbonyl (C=O) groups is 1. The Balaban J connectivity index is 2.30. The van der Waals surface area contributed by atoms with Gasteiger partial charge in [0.15, 0.2) is 0 Å². The second kappa shape index (κ2) is 7.01. The van der Waals surface area contributed by atoms with Gasteiger partial charge in [-0.25, -0.2) is 0 Å². The van der Waals surface area contributed by atoms with E-state index in [2.05, 4.69) is 4.90 Å². The quantitative estimate of drug-likeness (QED) is 0.763. The molecule has 1 aliphatic heterocycles. The lowest BCUT2D eigenvalue weighted by Crippen LogP contribution is -2.35. The minimum Gasteiger partial charge on any atom is -0.480 e. The molecule has 1 heterocycles. The predicted octanol–water partition coefficient (Wildman–Crippen LogP) is 1.08. The van der Waals surface area contributed by atoms with Crippen LogP contribution in [0.1, 0.15) is 32.6 Å². The molecule has 1 saturated heterocycles. The fraction of sp³-hybridized carbons (Fsp3) is 0.909. The Morgan fingerprint density at radius 3 is 2.50 bits per heavy atom. The molecule has 1 N–H and O–H groups in total. The smallest absolute Gasteiger partial charge is 0.319 e. The van der Waals surface area contributed by atoms with E-state index in [4.69, 9.17) is 5.11 Å². The van der Waals surface area contributed by atoms with Crippen LogP contribution in [0.4, 0.5) is 0 Å². The Morgan fingerprint density at radius 2 is 2.00 bits per heavy atom. The SMILES string of the molecule is CCC(C(=O)O)S(=O)CCN1CCCCC1. The Morgan fingerprint density at radius 1 is 1.38 bits per heavy atom. The zero-order valence-electron chi connectivity index (χ0n) is 9.85. The third-order valence-corrected chi connectivity index (χ3v) is 4.78. The Labute approximate surface area is 99.5 Å². The maximum Gasteiger partial charge on any atom is 0.319 e. The average Bonchev–Trinajstić information content (AvgIpc) is 2.28. The number of carboxylic acid groups (broad SMARTS) is 1. The zero-order valence-corrected chi connectivity index (χ0v) is 10.7. The highest BCUT2D eigenvalue weighted by atomic mass is 32.2. The lowest BCUT2D eigenvalue weighted by Gasteiger charge is -2.26. The van der Waals surface area contributed by atoms with Gasteiger partial charge >= 0.3 is 5.97 Å². The molecule has 0 spiro atoms. The van der Waals surface area contributed by atoms with Crippen LogP contribution < -0.4 is 0 Å². The van der Waals surface area contributed by atoms with Crippen molar-refractivity contribution in [2.75, 3.05) is 25.4 Å². The normalized spacial score (nSPS) is 21.6. The van der Waals surface area contributed by atoms with E-state index in [0.29, 0.717) is 12.2 Å². The summed E-state index contributed by atoms with van der Waals surface area (Å²) in [6.45, 7) is 4.69. The molecule has 4 nitrogen and oxygen atoms in total. The molecule has 0 bridgehead atoms. The summed E-state index contributed by atoms with van der Waals surface area (Å²) >= 11 is 0. The highest BCUT2D eigenvalue weighted by molar-refractivity contribution is 7.86. The maximum atomic E-state index is 11.8. The number of nitrogens with zero attached hydrogens (tertiary/aromatic N) is 1. The first-order valence-corrected chi connectivity index (χ1v) is 7.35. The molecule has 16 heavy (non-hydrogen) atoms. The fourth-order valence-electron chi connectivity index (χ4n) is 2.02. The van der Waals surface area contributed by atoms with Crippen LogP contribution in [0.3, 0.4) is 0 Å². The van der Waals surface area contributed by atoms with Crippen LogP contribution in [0.25, 0.3) is 0 Å². The van der Waals surface area contributed by atoms with E-state index in [1.165, 1.54) is 19.3 Å². The van der Waals surface area contributed by atoms with E-state index in [-0.39, 0.29) is 0 Å². The molecular weight excluding hydrogens is 226 g/mol. The third-order valence-electron chi connectivity index (χ3n) is 3.02. The van der Waals surface area contributed by atoms with Gasteiger partial charge in [0.2, 0.25) is 0 Å². The second-order valence-electron chi connectivity index (χ2n) is 4.22. The fourth-order valence-corrected chi connectivity index (χ4v) is 3.34. The first-order valence-electron chi connectivity index (χ1n) is 5.97. The van der Waals surface area contributed by atoms with Gasteiger partial charge in [-0.15, -0.1) is 0 Å². The number of carboxylic acids is 1. The molecule has 94 valence electrons. The lowest BCUT2D eigenvalue weighted by atomic mass is 10.1. The Hall–Kier alpha value is -0.420. The van der Waals surface area contributed by atoms with Gasteiger partial charge in [-0.2, -0.15) is 0 Å². The minimum atomic E-state index is -1.23. The average molecular weight is 247 g/mol.